The maximum atomic E-state index is 13.7. The zero-order valence-corrected chi connectivity index (χ0v) is 23.1. The summed E-state index contributed by atoms with van der Waals surface area (Å²) in [5, 5.41) is 13.6. The monoisotopic (exact) mass is 565 g/mol. The fraction of sp³-hybridized carbons (Fsp3) is 0.207. The fourth-order valence-electron chi connectivity index (χ4n) is 4.06. The van der Waals surface area contributed by atoms with E-state index in [1.807, 2.05) is 50.2 Å². The molecule has 0 radical (unpaired) electrons. The Labute approximate surface area is 236 Å². The highest BCUT2D eigenvalue weighted by Gasteiger charge is 2.41. The van der Waals surface area contributed by atoms with E-state index in [9.17, 15) is 14.9 Å². The highest BCUT2D eigenvalue weighted by molar-refractivity contribution is 8.05. The molecule has 3 aromatic carbocycles. The topological polar surface area (TPSA) is 82.4 Å². The van der Waals surface area contributed by atoms with E-state index in [4.69, 9.17) is 27.9 Å². The number of thioether (sulfide) groups is 1. The van der Waals surface area contributed by atoms with Gasteiger partial charge in [-0.2, -0.15) is 5.26 Å². The van der Waals surface area contributed by atoms with Gasteiger partial charge in [0.2, 0.25) is 5.91 Å². The van der Waals surface area contributed by atoms with Crippen LogP contribution in [0.25, 0.3) is 0 Å². The molecular formula is C29H25Cl2N3O3S. The van der Waals surface area contributed by atoms with E-state index < -0.39 is 11.2 Å². The number of carbonyl (C=O) groups excluding carboxylic acids is 2. The van der Waals surface area contributed by atoms with Gasteiger partial charge in [-0.15, -0.1) is 0 Å². The van der Waals surface area contributed by atoms with E-state index in [1.54, 1.807) is 42.5 Å². The lowest BCUT2D eigenvalue weighted by Gasteiger charge is -2.20. The third kappa shape index (κ3) is 6.16. The maximum absolute atomic E-state index is 13.7. The van der Waals surface area contributed by atoms with Crippen molar-refractivity contribution in [2.45, 2.75) is 31.6 Å². The lowest BCUT2D eigenvalue weighted by Crippen LogP contribution is -2.32. The van der Waals surface area contributed by atoms with Crippen LogP contribution in [0.15, 0.2) is 83.4 Å². The molecule has 194 valence electrons. The van der Waals surface area contributed by atoms with Gasteiger partial charge in [0.1, 0.15) is 22.4 Å². The number of nitrogens with one attached hydrogen (secondary N) is 1. The fourth-order valence-corrected chi connectivity index (χ4v) is 5.84. The molecule has 6 nitrogen and oxygen atoms in total. The molecule has 1 N–H and O–H groups in total. The lowest BCUT2D eigenvalue weighted by atomic mass is 10.1. The average molecular weight is 567 g/mol. The van der Waals surface area contributed by atoms with Crippen molar-refractivity contribution in [2.75, 3.05) is 11.5 Å². The summed E-state index contributed by atoms with van der Waals surface area (Å²) < 4.78 is 5.53. The van der Waals surface area contributed by atoms with Crippen LogP contribution >= 0.6 is 35.0 Å². The van der Waals surface area contributed by atoms with Crippen molar-refractivity contribution in [3.05, 3.63) is 105 Å². The Balaban J connectivity index is 1.70. The molecule has 0 aromatic heterocycles. The first-order valence-corrected chi connectivity index (χ1v) is 13.6. The normalized spacial score (nSPS) is 17.1. The van der Waals surface area contributed by atoms with Gasteiger partial charge in [0.15, 0.2) is 0 Å². The second-order valence-electron chi connectivity index (χ2n) is 8.54. The van der Waals surface area contributed by atoms with Crippen molar-refractivity contribution in [1.82, 2.24) is 5.32 Å². The number of hydrogen-bond acceptors (Lipinski definition) is 5. The Bertz CT molecular complexity index is 1400. The summed E-state index contributed by atoms with van der Waals surface area (Å²) in [4.78, 5) is 28.5. The van der Waals surface area contributed by atoms with Gasteiger partial charge in [0.25, 0.3) is 5.91 Å². The van der Waals surface area contributed by atoms with Crippen LogP contribution in [0, 0.1) is 11.3 Å². The Morgan fingerprint density at radius 1 is 1.13 bits per heavy atom. The molecule has 9 heteroatoms. The molecular weight excluding hydrogens is 541 g/mol. The van der Waals surface area contributed by atoms with E-state index in [-0.39, 0.29) is 22.6 Å². The number of benzene rings is 3. The van der Waals surface area contributed by atoms with Crippen molar-refractivity contribution < 1.29 is 14.3 Å². The Morgan fingerprint density at radius 3 is 2.47 bits per heavy atom. The Morgan fingerprint density at radius 2 is 1.84 bits per heavy atom. The number of halogens is 2. The first kappa shape index (κ1) is 27.6. The Kier molecular flexibility index (Phi) is 9.01. The number of anilines is 1. The minimum Gasteiger partial charge on any atom is -0.494 e. The van der Waals surface area contributed by atoms with E-state index >= 15 is 0 Å². The van der Waals surface area contributed by atoms with Gasteiger partial charge in [0.05, 0.1) is 17.9 Å². The van der Waals surface area contributed by atoms with Crippen LogP contribution in [-0.2, 0) is 16.0 Å². The van der Waals surface area contributed by atoms with Gasteiger partial charge in [-0.25, -0.2) is 0 Å². The summed E-state index contributed by atoms with van der Waals surface area (Å²) in [5.74, 6) is -0.155. The predicted octanol–water partition coefficient (Wildman–Crippen LogP) is 6.70. The zero-order valence-electron chi connectivity index (χ0n) is 20.8. The number of rotatable bonds is 8. The van der Waals surface area contributed by atoms with E-state index in [0.717, 1.165) is 11.1 Å². The Hall–Kier alpha value is -3.44. The predicted molar refractivity (Wildman–Crippen MR) is 152 cm³/mol. The molecule has 1 aliphatic rings. The van der Waals surface area contributed by atoms with Crippen molar-refractivity contribution in [3.8, 4) is 11.8 Å². The van der Waals surface area contributed by atoms with Gasteiger partial charge in [-0.05, 0) is 67.8 Å². The molecule has 0 aliphatic carbocycles. The second kappa shape index (κ2) is 12.4. The van der Waals surface area contributed by atoms with Crippen LogP contribution in [-0.4, -0.2) is 23.7 Å². The SMILES string of the molecule is CCOc1ccc(N2C(=O)C(Cc3ccc(Cl)cc3Cl)S/C2=C(/C#N)C(=O)NC(C)c2ccccc2)cc1. The van der Waals surface area contributed by atoms with Crippen LogP contribution < -0.4 is 15.0 Å². The largest absolute Gasteiger partial charge is 0.494 e. The van der Waals surface area contributed by atoms with Gasteiger partial charge in [-0.3, -0.25) is 14.5 Å². The summed E-state index contributed by atoms with van der Waals surface area (Å²) in [7, 11) is 0. The first-order valence-electron chi connectivity index (χ1n) is 12.0. The molecule has 2 atom stereocenters. The molecule has 1 fully saturated rings. The smallest absolute Gasteiger partial charge is 0.265 e. The minimum atomic E-state index is -0.599. The highest BCUT2D eigenvalue weighted by atomic mass is 35.5. The van der Waals surface area contributed by atoms with Gasteiger partial charge >= 0.3 is 0 Å². The molecule has 3 aromatic rings. The minimum absolute atomic E-state index is 0.135. The summed E-state index contributed by atoms with van der Waals surface area (Å²) in [5.41, 5.74) is 2.04. The van der Waals surface area contributed by atoms with Crippen molar-refractivity contribution in [3.63, 3.8) is 0 Å². The molecule has 0 saturated carbocycles. The molecule has 38 heavy (non-hydrogen) atoms. The van der Waals surface area contributed by atoms with E-state index in [1.165, 1.54) is 16.7 Å². The van der Waals surface area contributed by atoms with Crippen LogP contribution in [0.1, 0.15) is 31.0 Å². The average Bonchev–Trinajstić information content (AvgIpc) is 3.22. The summed E-state index contributed by atoms with van der Waals surface area (Å²) >= 11 is 13.6. The summed E-state index contributed by atoms with van der Waals surface area (Å²) in [6, 6.07) is 23.3. The summed E-state index contributed by atoms with van der Waals surface area (Å²) in [6.07, 6.45) is 0.303. The van der Waals surface area contributed by atoms with Crippen LogP contribution in [0.4, 0.5) is 5.69 Å². The maximum Gasteiger partial charge on any atom is 0.265 e. The van der Waals surface area contributed by atoms with Crippen molar-refractivity contribution in [1.29, 1.82) is 5.26 Å². The second-order valence-corrected chi connectivity index (χ2v) is 10.6. The summed E-state index contributed by atoms with van der Waals surface area (Å²) in [6.45, 7) is 4.23. The lowest BCUT2D eigenvalue weighted by molar-refractivity contribution is -0.117. The molecule has 1 saturated heterocycles. The van der Waals surface area contributed by atoms with Crippen molar-refractivity contribution in [2.24, 2.45) is 0 Å². The number of ether oxygens (including phenoxy) is 1. The van der Waals surface area contributed by atoms with Crippen molar-refractivity contribution >= 4 is 52.5 Å². The zero-order chi connectivity index (χ0) is 27.2. The third-order valence-electron chi connectivity index (χ3n) is 5.98. The standard InChI is InChI=1S/C29H25Cl2N3O3S/c1-3-37-23-13-11-22(12-14-23)34-28(36)26(15-20-9-10-21(30)16-25(20)31)38-29(34)24(17-32)27(35)33-18(2)19-7-5-4-6-8-19/h4-14,16,18,26H,3,15H2,1-2H3,(H,33,35)/b29-24-. The van der Waals surface area contributed by atoms with Crippen LogP contribution in [0.5, 0.6) is 5.75 Å². The molecule has 2 unspecified atom stereocenters. The molecule has 0 spiro atoms. The van der Waals surface area contributed by atoms with Crippen LogP contribution in [0.2, 0.25) is 10.0 Å². The van der Waals surface area contributed by atoms with Gasteiger partial charge in [0, 0.05) is 15.7 Å². The number of amides is 2. The van der Waals surface area contributed by atoms with Gasteiger partial charge in [-0.1, -0.05) is 71.4 Å². The number of nitriles is 1. The molecule has 4 rings (SSSR count). The quantitative estimate of drug-likeness (QED) is 0.243. The molecule has 2 amide bonds. The molecule has 1 aliphatic heterocycles. The molecule has 0 bridgehead atoms. The third-order valence-corrected chi connectivity index (χ3v) is 7.83. The number of hydrogen-bond donors (Lipinski definition) is 1. The number of carbonyl (C=O) groups is 2. The molecule has 1 heterocycles. The van der Waals surface area contributed by atoms with E-state index in [2.05, 4.69) is 5.32 Å². The van der Waals surface area contributed by atoms with Crippen LogP contribution in [0.3, 0.4) is 0 Å². The van der Waals surface area contributed by atoms with E-state index in [0.29, 0.717) is 34.5 Å². The highest BCUT2D eigenvalue weighted by Crippen LogP contribution is 2.43. The number of nitrogens with zero attached hydrogens (tertiary/aromatic N) is 2. The first-order chi connectivity index (χ1) is 18.3. The van der Waals surface area contributed by atoms with Gasteiger partial charge < -0.3 is 10.1 Å².